The van der Waals surface area contributed by atoms with Crippen LogP contribution < -0.4 is 10.7 Å². The van der Waals surface area contributed by atoms with Crippen LogP contribution in [0.1, 0.15) is 44.9 Å². The molecule has 3 fully saturated rings. The van der Waals surface area contributed by atoms with E-state index in [1.54, 1.807) is 0 Å². The fourth-order valence-electron chi connectivity index (χ4n) is 3.11. The van der Waals surface area contributed by atoms with Gasteiger partial charge in [-0.1, -0.05) is 6.42 Å². The van der Waals surface area contributed by atoms with Crippen molar-refractivity contribution in [1.29, 1.82) is 0 Å². The van der Waals surface area contributed by atoms with Gasteiger partial charge in [0.25, 0.3) is 0 Å². The van der Waals surface area contributed by atoms with E-state index < -0.39 is 0 Å². The Hall–Kier alpha value is -0.610. The van der Waals surface area contributed by atoms with E-state index in [9.17, 15) is 4.79 Å². The van der Waals surface area contributed by atoms with Gasteiger partial charge in [0.1, 0.15) is 0 Å². The van der Waals surface area contributed by atoms with E-state index in [-0.39, 0.29) is 5.54 Å². The molecule has 1 spiro atoms. The molecule has 2 N–H and O–H groups in total. The van der Waals surface area contributed by atoms with Crippen LogP contribution >= 0.6 is 0 Å². The highest BCUT2D eigenvalue weighted by atomic mass is 16.2. The highest BCUT2D eigenvalue weighted by Gasteiger charge is 2.47. The normalized spacial score (nSPS) is 33.1. The Morgan fingerprint density at radius 2 is 2.19 bits per heavy atom. The number of carbonyl (C=O) groups excluding carboxylic acids is 1. The van der Waals surface area contributed by atoms with Gasteiger partial charge in [0.15, 0.2) is 0 Å². The van der Waals surface area contributed by atoms with Crippen LogP contribution in [0.4, 0.5) is 0 Å². The lowest BCUT2D eigenvalue weighted by Gasteiger charge is -2.38. The lowest BCUT2D eigenvalue weighted by molar-refractivity contribution is -0.130. The van der Waals surface area contributed by atoms with Gasteiger partial charge in [-0.3, -0.25) is 9.80 Å². The van der Waals surface area contributed by atoms with Crippen LogP contribution in [0, 0.1) is 0 Å². The average molecular weight is 223 g/mol. The molecule has 0 aromatic rings. The summed E-state index contributed by atoms with van der Waals surface area (Å²) in [6.45, 7) is 1.96. The number of carbonyl (C=O) groups is 1. The van der Waals surface area contributed by atoms with Crippen molar-refractivity contribution in [1.82, 2.24) is 15.8 Å². The van der Waals surface area contributed by atoms with Gasteiger partial charge in [-0.05, 0) is 38.6 Å². The summed E-state index contributed by atoms with van der Waals surface area (Å²) in [4.78, 5) is 11.9. The van der Waals surface area contributed by atoms with Gasteiger partial charge in [0, 0.05) is 18.0 Å². The fraction of sp³-hybridized carbons (Fsp3) is 0.917. The molecule has 1 amide bonds. The van der Waals surface area contributed by atoms with Crippen molar-refractivity contribution in [2.45, 2.75) is 56.5 Å². The van der Waals surface area contributed by atoms with Gasteiger partial charge < -0.3 is 5.32 Å². The van der Waals surface area contributed by atoms with Gasteiger partial charge in [-0.25, -0.2) is 5.43 Å². The predicted octanol–water partition coefficient (Wildman–Crippen LogP) is 0.788. The van der Waals surface area contributed by atoms with Crippen LogP contribution in [-0.2, 0) is 4.79 Å². The number of hydrogen-bond donors (Lipinski definition) is 2. The Morgan fingerprint density at radius 1 is 1.31 bits per heavy atom. The lowest BCUT2D eigenvalue weighted by Crippen LogP contribution is -2.54. The summed E-state index contributed by atoms with van der Waals surface area (Å²) in [5.74, 6) is 0.298. The van der Waals surface area contributed by atoms with E-state index in [1.807, 2.05) is 5.01 Å². The first-order valence-corrected chi connectivity index (χ1v) is 6.59. The number of hydrazine groups is 1. The number of amides is 1. The van der Waals surface area contributed by atoms with Crippen LogP contribution in [0.15, 0.2) is 0 Å². The Kier molecular flexibility index (Phi) is 2.64. The Morgan fingerprint density at radius 3 is 2.75 bits per heavy atom. The van der Waals surface area contributed by atoms with E-state index in [2.05, 4.69) is 10.7 Å². The van der Waals surface area contributed by atoms with E-state index in [4.69, 9.17) is 0 Å². The highest BCUT2D eigenvalue weighted by Crippen LogP contribution is 2.38. The van der Waals surface area contributed by atoms with Gasteiger partial charge in [0.2, 0.25) is 5.91 Å². The molecule has 0 radical (unpaired) electrons. The topological polar surface area (TPSA) is 44.4 Å². The molecule has 2 aliphatic heterocycles. The van der Waals surface area contributed by atoms with Crippen molar-refractivity contribution >= 4 is 5.91 Å². The summed E-state index contributed by atoms with van der Waals surface area (Å²) < 4.78 is 0. The monoisotopic (exact) mass is 223 g/mol. The van der Waals surface area contributed by atoms with Crippen LogP contribution in [0.3, 0.4) is 0 Å². The van der Waals surface area contributed by atoms with Crippen molar-refractivity contribution in [3.63, 3.8) is 0 Å². The Balaban J connectivity index is 1.56. The van der Waals surface area contributed by atoms with Crippen molar-refractivity contribution in [3.8, 4) is 0 Å². The molecule has 3 rings (SSSR count). The molecule has 2 saturated heterocycles. The maximum atomic E-state index is 11.9. The average Bonchev–Trinajstić information content (AvgIpc) is 2.58. The zero-order chi connectivity index (χ0) is 11.0. The number of piperidine rings is 1. The number of hydrogen-bond acceptors (Lipinski definition) is 3. The molecular formula is C12H21N3O. The standard InChI is InChI=1S/C12H21N3O/c16-11-8-12(5-3-6-12)14-15(11)9-10-4-1-2-7-13-10/h10,13-14H,1-9H2. The summed E-state index contributed by atoms with van der Waals surface area (Å²) in [6.07, 6.45) is 8.13. The molecule has 3 aliphatic rings. The minimum absolute atomic E-state index is 0.158. The van der Waals surface area contributed by atoms with Gasteiger partial charge in [0.05, 0.1) is 6.54 Å². The number of nitrogens with one attached hydrogen (secondary N) is 2. The third-order valence-corrected chi connectivity index (χ3v) is 4.29. The van der Waals surface area contributed by atoms with E-state index in [0.717, 1.165) is 19.5 Å². The van der Waals surface area contributed by atoms with Crippen molar-refractivity contribution in [2.24, 2.45) is 0 Å². The Labute approximate surface area is 96.7 Å². The summed E-state index contributed by atoms with van der Waals surface area (Å²) in [6, 6.07) is 0.500. The zero-order valence-electron chi connectivity index (χ0n) is 9.80. The first-order valence-electron chi connectivity index (χ1n) is 6.59. The lowest BCUT2D eigenvalue weighted by atomic mass is 9.76. The fourth-order valence-corrected chi connectivity index (χ4v) is 3.11. The highest BCUT2D eigenvalue weighted by molar-refractivity contribution is 5.79. The largest absolute Gasteiger partial charge is 0.312 e. The summed E-state index contributed by atoms with van der Waals surface area (Å²) in [5, 5.41) is 5.37. The first kappa shape index (κ1) is 10.5. The first-order chi connectivity index (χ1) is 7.77. The van der Waals surface area contributed by atoms with Crippen molar-refractivity contribution in [3.05, 3.63) is 0 Å². The molecule has 4 nitrogen and oxygen atoms in total. The summed E-state index contributed by atoms with van der Waals surface area (Å²) >= 11 is 0. The van der Waals surface area contributed by atoms with Crippen LogP contribution in [0.5, 0.6) is 0 Å². The zero-order valence-corrected chi connectivity index (χ0v) is 9.80. The molecule has 0 bridgehead atoms. The van der Waals surface area contributed by atoms with Crippen LogP contribution in [-0.4, -0.2) is 35.6 Å². The van der Waals surface area contributed by atoms with E-state index in [0.29, 0.717) is 11.9 Å². The number of rotatable bonds is 2. The molecule has 1 aliphatic carbocycles. The smallest absolute Gasteiger partial charge is 0.238 e. The maximum absolute atomic E-state index is 11.9. The maximum Gasteiger partial charge on any atom is 0.238 e. The Bertz CT molecular complexity index is 282. The predicted molar refractivity (Wildman–Crippen MR) is 61.7 cm³/mol. The van der Waals surface area contributed by atoms with Crippen LogP contribution in [0.25, 0.3) is 0 Å². The molecule has 1 atom stereocenters. The van der Waals surface area contributed by atoms with Crippen LogP contribution in [0.2, 0.25) is 0 Å². The van der Waals surface area contributed by atoms with E-state index >= 15 is 0 Å². The molecule has 90 valence electrons. The third-order valence-electron chi connectivity index (χ3n) is 4.29. The molecule has 4 heteroatoms. The minimum Gasteiger partial charge on any atom is -0.312 e. The summed E-state index contributed by atoms with van der Waals surface area (Å²) in [5.41, 5.74) is 3.60. The SMILES string of the molecule is O=C1CC2(CCC2)NN1CC1CCCCN1. The van der Waals surface area contributed by atoms with Gasteiger partial charge in [-0.15, -0.1) is 0 Å². The molecule has 1 saturated carbocycles. The molecule has 0 aromatic heterocycles. The second-order valence-corrected chi connectivity index (χ2v) is 5.57. The van der Waals surface area contributed by atoms with Gasteiger partial charge >= 0.3 is 0 Å². The second kappa shape index (κ2) is 4.00. The molecule has 2 heterocycles. The number of nitrogens with zero attached hydrogens (tertiary/aromatic N) is 1. The minimum atomic E-state index is 0.158. The quantitative estimate of drug-likeness (QED) is 0.727. The molecule has 16 heavy (non-hydrogen) atoms. The molecule has 0 aromatic carbocycles. The van der Waals surface area contributed by atoms with Gasteiger partial charge in [-0.2, -0.15) is 0 Å². The molecule has 1 unspecified atom stereocenters. The van der Waals surface area contributed by atoms with Crippen molar-refractivity contribution in [2.75, 3.05) is 13.1 Å². The summed E-state index contributed by atoms with van der Waals surface area (Å²) in [7, 11) is 0. The van der Waals surface area contributed by atoms with Crippen molar-refractivity contribution < 1.29 is 4.79 Å². The molecular weight excluding hydrogens is 202 g/mol. The second-order valence-electron chi connectivity index (χ2n) is 5.57. The third kappa shape index (κ3) is 1.84. The van der Waals surface area contributed by atoms with E-state index in [1.165, 1.54) is 38.5 Å².